The molecule has 19 heavy (non-hydrogen) atoms. The van der Waals surface area contributed by atoms with E-state index in [-0.39, 0.29) is 12.0 Å². The third-order valence-electron chi connectivity index (χ3n) is 2.46. The lowest BCUT2D eigenvalue weighted by molar-refractivity contribution is 0.0950. The first kappa shape index (κ1) is 13.1. The molecule has 0 radical (unpaired) electrons. The van der Waals surface area contributed by atoms with Gasteiger partial charge in [-0.05, 0) is 38.1 Å². The van der Waals surface area contributed by atoms with Crippen LogP contribution in [-0.2, 0) is 6.54 Å². The Kier molecular flexibility index (Phi) is 4.18. The molecule has 1 aromatic carbocycles. The van der Waals surface area contributed by atoms with Gasteiger partial charge in [0, 0.05) is 18.0 Å². The molecule has 0 bridgehead atoms. The summed E-state index contributed by atoms with van der Waals surface area (Å²) in [7, 11) is 0. The highest BCUT2D eigenvalue weighted by atomic mass is 16.5. The molecular formula is C14H17N3O2. The molecule has 0 aliphatic heterocycles. The quantitative estimate of drug-likeness (QED) is 0.864. The molecule has 0 aliphatic rings. The zero-order chi connectivity index (χ0) is 13.7. The highest BCUT2D eigenvalue weighted by Gasteiger charge is 2.06. The number of rotatable bonds is 5. The van der Waals surface area contributed by atoms with Gasteiger partial charge in [-0.15, -0.1) is 0 Å². The minimum Gasteiger partial charge on any atom is -0.491 e. The maximum atomic E-state index is 11.9. The van der Waals surface area contributed by atoms with E-state index in [1.807, 2.05) is 13.8 Å². The summed E-state index contributed by atoms with van der Waals surface area (Å²) in [6, 6.07) is 7.08. The van der Waals surface area contributed by atoms with Gasteiger partial charge < -0.3 is 15.0 Å². The summed E-state index contributed by atoms with van der Waals surface area (Å²) in [6.45, 7) is 4.31. The minimum atomic E-state index is -0.132. The number of hydrogen-bond acceptors (Lipinski definition) is 3. The predicted molar refractivity (Wildman–Crippen MR) is 72.0 cm³/mol. The number of ether oxygens (including phenoxy) is 1. The normalized spacial score (nSPS) is 10.5. The van der Waals surface area contributed by atoms with E-state index in [4.69, 9.17) is 4.74 Å². The van der Waals surface area contributed by atoms with Gasteiger partial charge in [0.25, 0.3) is 5.91 Å². The number of carbonyl (C=O) groups is 1. The minimum absolute atomic E-state index is 0.124. The van der Waals surface area contributed by atoms with E-state index in [1.54, 1.807) is 36.7 Å². The molecule has 0 saturated carbocycles. The van der Waals surface area contributed by atoms with Crippen molar-refractivity contribution < 1.29 is 9.53 Å². The van der Waals surface area contributed by atoms with Gasteiger partial charge in [-0.1, -0.05) is 0 Å². The van der Waals surface area contributed by atoms with Crippen LogP contribution in [0.4, 0.5) is 0 Å². The Morgan fingerprint density at radius 1 is 1.37 bits per heavy atom. The molecular weight excluding hydrogens is 242 g/mol. The van der Waals surface area contributed by atoms with Gasteiger partial charge in [0.2, 0.25) is 0 Å². The lowest BCUT2D eigenvalue weighted by atomic mass is 10.2. The number of aromatic amines is 1. The molecule has 0 spiro atoms. The second-order valence-corrected chi connectivity index (χ2v) is 4.41. The van der Waals surface area contributed by atoms with Crippen molar-refractivity contribution in [2.45, 2.75) is 26.5 Å². The molecule has 5 heteroatoms. The first-order valence-corrected chi connectivity index (χ1v) is 6.18. The van der Waals surface area contributed by atoms with Crippen LogP contribution < -0.4 is 10.1 Å². The molecule has 2 N–H and O–H groups in total. The highest BCUT2D eigenvalue weighted by molar-refractivity contribution is 5.94. The van der Waals surface area contributed by atoms with E-state index in [2.05, 4.69) is 15.3 Å². The maximum absolute atomic E-state index is 11.9. The second kappa shape index (κ2) is 6.04. The van der Waals surface area contributed by atoms with E-state index >= 15 is 0 Å². The van der Waals surface area contributed by atoms with Crippen molar-refractivity contribution in [2.24, 2.45) is 0 Å². The third kappa shape index (κ3) is 3.84. The Hall–Kier alpha value is -2.30. The summed E-state index contributed by atoms with van der Waals surface area (Å²) < 4.78 is 5.52. The van der Waals surface area contributed by atoms with E-state index in [0.29, 0.717) is 12.1 Å². The Morgan fingerprint density at radius 3 is 2.68 bits per heavy atom. The van der Waals surface area contributed by atoms with Gasteiger partial charge in [-0.3, -0.25) is 4.79 Å². The lowest BCUT2D eigenvalue weighted by Crippen LogP contribution is -2.23. The van der Waals surface area contributed by atoms with Gasteiger partial charge in [0.15, 0.2) is 0 Å². The monoisotopic (exact) mass is 259 g/mol. The van der Waals surface area contributed by atoms with Crippen molar-refractivity contribution in [2.75, 3.05) is 0 Å². The topological polar surface area (TPSA) is 67.0 Å². The molecule has 5 nitrogen and oxygen atoms in total. The fraction of sp³-hybridized carbons (Fsp3) is 0.286. The van der Waals surface area contributed by atoms with E-state index in [1.165, 1.54) is 0 Å². The Bertz CT molecular complexity index is 518. The fourth-order valence-electron chi connectivity index (χ4n) is 1.62. The van der Waals surface area contributed by atoms with Crippen molar-refractivity contribution >= 4 is 5.91 Å². The van der Waals surface area contributed by atoms with Gasteiger partial charge in [0.05, 0.1) is 12.6 Å². The van der Waals surface area contributed by atoms with Crippen molar-refractivity contribution in [3.63, 3.8) is 0 Å². The van der Waals surface area contributed by atoms with Crippen LogP contribution in [0.25, 0.3) is 0 Å². The first-order valence-electron chi connectivity index (χ1n) is 6.18. The van der Waals surface area contributed by atoms with Crippen LogP contribution in [0.3, 0.4) is 0 Å². The molecule has 0 unspecified atom stereocenters. The zero-order valence-corrected chi connectivity index (χ0v) is 11.0. The summed E-state index contributed by atoms with van der Waals surface area (Å²) >= 11 is 0. The highest BCUT2D eigenvalue weighted by Crippen LogP contribution is 2.13. The Morgan fingerprint density at radius 2 is 2.11 bits per heavy atom. The number of aromatic nitrogens is 2. The van der Waals surface area contributed by atoms with Crippen molar-refractivity contribution in [1.29, 1.82) is 0 Å². The van der Waals surface area contributed by atoms with Gasteiger partial charge in [0.1, 0.15) is 11.6 Å². The molecule has 0 atom stereocenters. The summed E-state index contributed by atoms with van der Waals surface area (Å²) in [5.41, 5.74) is 0.600. The van der Waals surface area contributed by atoms with Gasteiger partial charge in [-0.2, -0.15) is 0 Å². The molecule has 1 heterocycles. The summed E-state index contributed by atoms with van der Waals surface area (Å²) in [5.74, 6) is 1.36. The number of nitrogens with one attached hydrogen (secondary N) is 2. The summed E-state index contributed by atoms with van der Waals surface area (Å²) in [6.07, 6.45) is 3.50. The summed E-state index contributed by atoms with van der Waals surface area (Å²) in [5, 5.41) is 2.79. The number of nitrogens with zero attached hydrogens (tertiary/aromatic N) is 1. The number of amides is 1. The average molecular weight is 259 g/mol. The molecule has 2 aromatic rings. The third-order valence-corrected chi connectivity index (χ3v) is 2.46. The van der Waals surface area contributed by atoms with Crippen molar-refractivity contribution in [3.8, 4) is 5.75 Å². The van der Waals surface area contributed by atoms with E-state index in [0.717, 1.165) is 11.6 Å². The van der Waals surface area contributed by atoms with Crippen LogP contribution in [0.15, 0.2) is 36.7 Å². The average Bonchev–Trinajstić information content (AvgIpc) is 2.89. The number of carbonyl (C=O) groups excluding carboxylic acids is 1. The number of H-pyrrole nitrogens is 1. The molecule has 0 fully saturated rings. The maximum Gasteiger partial charge on any atom is 0.251 e. The second-order valence-electron chi connectivity index (χ2n) is 4.41. The molecule has 1 aromatic heterocycles. The largest absolute Gasteiger partial charge is 0.491 e. The van der Waals surface area contributed by atoms with Crippen molar-refractivity contribution in [1.82, 2.24) is 15.3 Å². The Labute approximate surface area is 112 Å². The molecule has 1 amide bonds. The van der Waals surface area contributed by atoms with E-state index in [9.17, 15) is 4.79 Å². The zero-order valence-electron chi connectivity index (χ0n) is 11.0. The van der Waals surface area contributed by atoms with E-state index < -0.39 is 0 Å². The molecule has 100 valence electrons. The lowest BCUT2D eigenvalue weighted by Gasteiger charge is -2.10. The van der Waals surface area contributed by atoms with Crippen LogP contribution in [0.5, 0.6) is 5.75 Å². The predicted octanol–water partition coefficient (Wildman–Crippen LogP) is 2.13. The number of hydrogen-bond donors (Lipinski definition) is 2. The van der Waals surface area contributed by atoms with Crippen LogP contribution in [0.1, 0.15) is 30.0 Å². The van der Waals surface area contributed by atoms with Gasteiger partial charge >= 0.3 is 0 Å². The molecule has 2 rings (SSSR count). The first-order chi connectivity index (χ1) is 9.15. The van der Waals surface area contributed by atoms with Gasteiger partial charge in [-0.25, -0.2) is 4.98 Å². The van der Waals surface area contributed by atoms with Crippen LogP contribution >= 0.6 is 0 Å². The SMILES string of the molecule is CC(C)Oc1ccc(C(=O)NCc2ncc[nH]2)cc1. The van der Waals surface area contributed by atoms with Crippen molar-refractivity contribution in [3.05, 3.63) is 48.0 Å². The fourth-order valence-corrected chi connectivity index (χ4v) is 1.62. The van der Waals surface area contributed by atoms with Crippen LogP contribution in [0.2, 0.25) is 0 Å². The van der Waals surface area contributed by atoms with Crippen LogP contribution in [-0.4, -0.2) is 22.0 Å². The smallest absolute Gasteiger partial charge is 0.251 e. The number of benzene rings is 1. The summed E-state index contributed by atoms with van der Waals surface area (Å²) in [4.78, 5) is 18.8. The Balaban J connectivity index is 1.92. The van der Waals surface area contributed by atoms with Crippen LogP contribution in [0, 0.1) is 0 Å². The number of imidazole rings is 1. The molecule has 0 aliphatic carbocycles. The molecule has 0 saturated heterocycles. The standard InChI is InChI=1S/C14H17N3O2/c1-10(2)19-12-5-3-11(4-6-12)14(18)17-9-13-15-7-8-16-13/h3-8,10H,9H2,1-2H3,(H,15,16)(H,17,18).